The maximum atomic E-state index is 12.3. The molecule has 2 saturated carbocycles. The van der Waals surface area contributed by atoms with Crippen molar-refractivity contribution in [2.45, 2.75) is 38.1 Å². The second kappa shape index (κ2) is 5.00. The number of pyridine rings is 1. The maximum absolute atomic E-state index is 12.3. The van der Waals surface area contributed by atoms with Crippen LogP contribution in [0.5, 0.6) is 0 Å². The Morgan fingerprint density at radius 1 is 1.37 bits per heavy atom. The van der Waals surface area contributed by atoms with Gasteiger partial charge in [0.15, 0.2) is 0 Å². The molecule has 1 amide bonds. The number of nitrogens with one attached hydrogen (secondary N) is 1. The summed E-state index contributed by atoms with van der Waals surface area (Å²) in [6.45, 7) is 0. The second-order valence-corrected chi connectivity index (χ2v) is 5.97. The molecule has 5 heteroatoms. The number of anilines is 1. The van der Waals surface area contributed by atoms with Gasteiger partial charge in [0, 0.05) is 12.2 Å². The summed E-state index contributed by atoms with van der Waals surface area (Å²) < 4.78 is 0. The molecule has 3 rings (SSSR count). The molecule has 1 aromatic heterocycles. The maximum Gasteiger partial charge on any atom is 0.271 e. The molecule has 0 radical (unpaired) electrons. The molecule has 0 spiro atoms. The Morgan fingerprint density at radius 3 is 2.63 bits per heavy atom. The Morgan fingerprint density at radius 2 is 2.05 bits per heavy atom. The van der Waals surface area contributed by atoms with Crippen LogP contribution < -0.4 is 11.1 Å². The molecule has 102 valence electrons. The number of hydrogen-bond acceptors (Lipinski definition) is 3. The van der Waals surface area contributed by atoms with Crippen LogP contribution in [0.1, 0.15) is 42.6 Å². The van der Waals surface area contributed by atoms with Gasteiger partial charge in [0.05, 0.1) is 10.7 Å². The largest absolute Gasteiger partial charge is 0.397 e. The average Bonchev–Trinajstić information content (AvgIpc) is 3.13. The first-order chi connectivity index (χ1) is 9.16. The zero-order valence-corrected chi connectivity index (χ0v) is 11.5. The smallest absolute Gasteiger partial charge is 0.271 e. The van der Waals surface area contributed by atoms with Gasteiger partial charge in [0.25, 0.3) is 5.91 Å². The van der Waals surface area contributed by atoms with Gasteiger partial charge < -0.3 is 11.1 Å². The lowest BCUT2D eigenvalue weighted by Crippen LogP contribution is -2.44. The molecule has 1 aromatic rings. The fraction of sp³-hybridized carbons (Fsp3) is 0.571. The van der Waals surface area contributed by atoms with Crippen LogP contribution in [0.25, 0.3) is 0 Å². The highest BCUT2D eigenvalue weighted by Crippen LogP contribution is 2.42. The molecular formula is C14H18ClN3O. The monoisotopic (exact) mass is 279 g/mol. The van der Waals surface area contributed by atoms with Crippen molar-refractivity contribution in [3.8, 4) is 0 Å². The van der Waals surface area contributed by atoms with E-state index in [1.807, 2.05) is 0 Å². The molecule has 19 heavy (non-hydrogen) atoms. The minimum absolute atomic E-state index is 0.193. The van der Waals surface area contributed by atoms with Crippen LogP contribution in [0.2, 0.25) is 5.02 Å². The summed E-state index contributed by atoms with van der Waals surface area (Å²) in [5.74, 6) is 1.09. The van der Waals surface area contributed by atoms with Crippen molar-refractivity contribution in [3.05, 3.63) is 23.0 Å². The highest BCUT2D eigenvalue weighted by Gasteiger charge is 2.40. The Bertz CT molecular complexity index is 497. The number of nitrogen functional groups attached to an aromatic ring is 1. The predicted octanol–water partition coefficient (Wildman–Crippen LogP) is 2.63. The summed E-state index contributed by atoms with van der Waals surface area (Å²) in [5, 5.41) is 3.38. The van der Waals surface area contributed by atoms with Gasteiger partial charge in [-0.05, 0) is 43.6 Å². The van der Waals surface area contributed by atoms with Crippen molar-refractivity contribution in [2.75, 3.05) is 5.73 Å². The minimum Gasteiger partial charge on any atom is -0.397 e. The summed E-state index contributed by atoms with van der Waals surface area (Å²) >= 11 is 6.05. The van der Waals surface area contributed by atoms with Crippen LogP contribution in [-0.2, 0) is 0 Å². The molecule has 1 atom stereocenters. The van der Waals surface area contributed by atoms with Crippen molar-refractivity contribution in [1.82, 2.24) is 10.3 Å². The van der Waals surface area contributed by atoms with Crippen molar-refractivity contribution in [3.63, 3.8) is 0 Å². The van der Waals surface area contributed by atoms with Crippen molar-refractivity contribution < 1.29 is 4.79 Å². The lowest BCUT2D eigenvalue weighted by atomic mass is 9.78. The Kier molecular flexibility index (Phi) is 3.35. The van der Waals surface area contributed by atoms with Gasteiger partial charge in [-0.2, -0.15) is 0 Å². The van der Waals surface area contributed by atoms with Crippen LogP contribution in [-0.4, -0.2) is 16.9 Å². The van der Waals surface area contributed by atoms with E-state index in [2.05, 4.69) is 10.3 Å². The van der Waals surface area contributed by atoms with E-state index in [-0.39, 0.29) is 16.6 Å². The first kappa shape index (κ1) is 12.7. The SMILES string of the molecule is Nc1ccnc(C(=O)NC(C2CCC2)C2CC2)c1Cl. The van der Waals surface area contributed by atoms with E-state index in [0.29, 0.717) is 23.6 Å². The molecular weight excluding hydrogens is 262 g/mol. The van der Waals surface area contributed by atoms with Crippen LogP contribution in [0.3, 0.4) is 0 Å². The summed E-state index contributed by atoms with van der Waals surface area (Å²) in [4.78, 5) is 16.3. The van der Waals surface area contributed by atoms with Crippen molar-refractivity contribution >= 4 is 23.2 Å². The number of nitrogens with zero attached hydrogens (tertiary/aromatic N) is 1. The number of aromatic nitrogens is 1. The molecule has 0 aromatic carbocycles. The first-order valence-corrected chi connectivity index (χ1v) is 7.25. The molecule has 0 saturated heterocycles. The van der Waals surface area contributed by atoms with E-state index in [0.717, 1.165) is 0 Å². The number of carbonyl (C=O) groups excluding carboxylic acids is 1. The fourth-order valence-corrected chi connectivity index (χ4v) is 2.91. The van der Waals surface area contributed by atoms with E-state index in [1.165, 1.54) is 38.3 Å². The predicted molar refractivity (Wildman–Crippen MR) is 75.0 cm³/mol. The van der Waals surface area contributed by atoms with E-state index >= 15 is 0 Å². The normalized spacial score (nSPS) is 20.7. The number of amides is 1. The molecule has 2 aliphatic rings. The summed E-state index contributed by atoms with van der Waals surface area (Å²) in [7, 11) is 0. The van der Waals surface area contributed by atoms with E-state index in [9.17, 15) is 4.79 Å². The molecule has 0 bridgehead atoms. The third-order valence-corrected chi connectivity index (χ3v) is 4.62. The highest BCUT2D eigenvalue weighted by atomic mass is 35.5. The number of rotatable bonds is 4. The van der Waals surface area contributed by atoms with Gasteiger partial charge in [-0.1, -0.05) is 18.0 Å². The Labute approximate surface area is 117 Å². The Hall–Kier alpha value is -1.29. The lowest BCUT2D eigenvalue weighted by Gasteiger charge is -2.34. The standard InChI is InChI=1S/C14H18ClN3O/c15-11-10(16)6-7-17-13(11)14(19)18-12(9-4-5-9)8-2-1-3-8/h6-9,12H,1-5H2,(H2,16,17)(H,18,19). The number of nitrogens with two attached hydrogens (primary N) is 1. The molecule has 0 aliphatic heterocycles. The van der Waals surface area contributed by atoms with Gasteiger partial charge >= 0.3 is 0 Å². The van der Waals surface area contributed by atoms with Crippen LogP contribution in [0.15, 0.2) is 12.3 Å². The average molecular weight is 280 g/mol. The molecule has 1 unspecified atom stereocenters. The quantitative estimate of drug-likeness (QED) is 0.890. The number of hydrogen-bond donors (Lipinski definition) is 2. The molecule has 3 N–H and O–H groups in total. The first-order valence-electron chi connectivity index (χ1n) is 6.87. The Balaban J connectivity index is 1.74. The van der Waals surface area contributed by atoms with Gasteiger partial charge in [-0.3, -0.25) is 4.79 Å². The molecule has 2 fully saturated rings. The van der Waals surface area contributed by atoms with Crippen molar-refractivity contribution in [1.29, 1.82) is 0 Å². The lowest BCUT2D eigenvalue weighted by molar-refractivity contribution is 0.0884. The zero-order valence-electron chi connectivity index (χ0n) is 10.7. The van der Waals surface area contributed by atoms with Crippen LogP contribution in [0, 0.1) is 11.8 Å². The van der Waals surface area contributed by atoms with Gasteiger partial charge in [0.1, 0.15) is 5.69 Å². The minimum atomic E-state index is -0.193. The van der Waals surface area contributed by atoms with Crippen molar-refractivity contribution in [2.24, 2.45) is 11.8 Å². The zero-order chi connectivity index (χ0) is 13.4. The molecule has 1 heterocycles. The summed E-state index contributed by atoms with van der Waals surface area (Å²) in [5.41, 5.74) is 6.35. The third-order valence-electron chi connectivity index (χ3n) is 4.22. The van der Waals surface area contributed by atoms with E-state index in [1.54, 1.807) is 6.07 Å². The summed E-state index contributed by atoms with van der Waals surface area (Å²) in [6.07, 6.45) is 7.69. The second-order valence-electron chi connectivity index (χ2n) is 5.59. The fourth-order valence-electron chi connectivity index (χ4n) is 2.71. The summed E-state index contributed by atoms with van der Waals surface area (Å²) in [6, 6.07) is 1.89. The topological polar surface area (TPSA) is 68.0 Å². The van der Waals surface area contributed by atoms with E-state index in [4.69, 9.17) is 17.3 Å². The third kappa shape index (κ3) is 2.54. The van der Waals surface area contributed by atoms with Crippen LogP contribution in [0.4, 0.5) is 5.69 Å². The number of halogens is 1. The molecule has 4 nitrogen and oxygen atoms in total. The van der Waals surface area contributed by atoms with Gasteiger partial charge in [-0.15, -0.1) is 0 Å². The van der Waals surface area contributed by atoms with Gasteiger partial charge in [-0.25, -0.2) is 4.98 Å². The molecule has 2 aliphatic carbocycles. The van der Waals surface area contributed by atoms with Crippen LogP contribution >= 0.6 is 11.6 Å². The van der Waals surface area contributed by atoms with Gasteiger partial charge in [0.2, 0.25) is 0 Å². The van der Waals surface area contributed by atoms with E-state index < -0.39 is 0 Å². The number of carbonyl (C=O) groups is 1. The highest BCUT2D eigenvalue weighted by molar-refractivity contribution is 6.35.